The lowest BCUT2D eigenvalue weighted by molar-refractivity contribution is -0.0856. The van der Waals surface area contributed by atoms with Gasteiger partial charge in [-0.25, -0.2) is 4.79 Å². The Hall–Kier alpha value is -2.85. The molecule has 10 heteroatoms. The molecule has 2 aromatic rings. The summed E-state index contributed by atoms with van der Waals surface area (Å²) < 4.78 is 24.4. The number of hydrogen-bond donors (Lipinski definition) is 1. The van der Waals surface area contributed by atoms with Crippen molar-refractivity contribution in [3.05, 3.63) is 28.8 Å². The van der Waals surface area contributed by atoms with Crippen LogP contribution in [-0.2, 0) is 33.6 Å². The first kappa shape index (κ1) is 23.9. The van der Waals surface area contributed by atoms with Crippen molar-refractivity contribution in [3.63, 3.8) is 0 Å². The molecule has 4 heterocycles. The summed E-state index contributed by atoms with van der Waals surface area (Å²) in [5.74, 6) is 1.23. The summed E-state index contributed by atoms with van der Waals surface area (Å²) in [4.78, 5) is 26.8. The van der Waals surface area contributed by atoms with Crippen molar-refractivity contribution < 1.29 is 28.2 Å². The highest BCUT2D eigenvalue weighted by Gasteiger charge is 2.35. The van der Waals surface area contributed by atoms with Gasteiger partial charge in [-0.05, 0) is 39.7 Å². The highest BCUT2D eigenvalue weighted by molar-refractivity contribution is 5.95. The summed E-state index contributed by atoms with van der Waals surface area (Å²) in [6.45, 7) is 11.6. The summed E-state index contributed by atoms with van der Waals surface area (Å²) in [6.07, 6.45) is 3.23. The number of furan rings is 1. The fourth-order valence-electron chi connectivity index (χ4n) is 4.84. The maximum absolute atomic E-state index is 12.8. The van der Waals surface area contributed by atoms with E-state index in [0.29, 0.717) is 51.1 Å². The van der Waals surface area contributed by atoms with Crippen molar-refractivity contribution >= 4 is 12.0 Å². The lowest BCUT2D eigenvalue weighted by Crippen LogP contribution is -2.52. The molecule has 2 fully saturated rings. The predicted molar refractivity (Wildman–Crippen MR) is 126 cm³/mol. The minimum Gasteiger partial charge on any atom is -0.455 e. The number of ether oxygens (including phenoxy) is 3. The molecule has 0 bridgehead atoms. The average Bonchev–Trinajstić information content (AvgIpc) is 3.34. The van der Waals surface area contributed by atoms with Gasteiger partial charge < -0.3 is 28.8 Å². The van der Waals surface area contributed by atoms with Crippen molar-refractivity contribution in [2.75, 3.05) is 39.5 Å². The molecule has 0 spiro atoms. The molecule has 0 unspecified atom stereocenters. The number of nitrogens with zero attached hydrogens (tertiary/aromatic N) is 3. The lowest BCUT2D eigenvalue weighted by Gasteiger charge is -2.39. The van der Waals surface area contributed by atoms with Crippen LogP contribution >= 0.6 is 0 Å². The van der Waals surface area contributed by atoms with Crippen molar-refractivity contribution in [2.24, 2.45) is 5.92 Å². The highest BCUT2D eigenvalue weighted by Crippen LogP contribution is 2.38. The quantitative estimate of drug-likeness (QED) is 0.692. The third-order valence-electron chi connectivity index (χ3n) is 6.55. The van der Waals surface area contributed by atoms with Gasteiger partial charge in [0.05, 0.1) is 31.6 Å². The normalized spacial score (nSPS) is 20.1. The first-order chi connectivity index (χ1) is 16.7. The Bertz CT molecular complexity index is 1100. The van der Waals surface area contributed by atoms with Crippen molar-refractivity contribution in [2.45, 2.75) is 58.8 Å². The SMILES string of the molecule is Cc1c(C(=O)NC[C@@H]2COCCO2)oc2c1-c1nn(CC3CN(C(=O)OC(C)(C)C)C3)cc1CC2. The summed E-state index contributed by atoms with van der Waals surface area (Å²) in [5.41, 5.74) is 3.29. The molecule has 2 aliphatic heterocycles. The smallest absolute Gasteiger partial charge is 0.410 e. The van der Waals surface area contributed by atoms with E-state index in [2.05, 4.69) is 11.5 Å². The molecule has 1 N–H and O–H groups in total. The summed E-state index contributed by atoms with van der Waals surface area (Å²) in [7, 11) is 0. The third-order valence-corrected chi connectivity index (χ3v) is 6.55. The molecule has 2 amide bonds. The minimum absolute atomic E-state index is 0.141. The maximum atomic E-state index is 12.8. The number of rotatable bonds is 5. The van der Waals surface area contributed by atoms with Crippen LogP contribution in [0.2, 0.25) is 0 Å². The second kappa shape index (κ2) is 9.31. The van der Waals surface area contributed by atoms with Gasteiger partial charge >= 0.3 is 6.09 Å². The van der Waals surface area contributed by atoms with Gasteiger partial charge in [0.25, 0.3) is 5.91 Å². The van der Waals surface area contributed by atoms with E-state index in [9.17, 15) is 9.59 Å². The second-order valence-corrected chi connectivity index (χ2v) is 10.6. The van der Waals surface area contributed by atoms with Gasteiger partial charge in [0.15, 0.2) is 5.76 Å². The molecule has 1 aliphatic carbocycles. The van der Waals surface area contributed by atoms with Crippen LogP contribution in [0.4, 0.5) is 4.79 Å². The zero-order valence-corrected chi connectivity index (χ0v) is 20.9. The molecule has 2 saturated heterocycles. The molecule has 5 rings (SSSR count). The third kappa shape index (κ3) is 5.08. The number of fused-ring (bicyclic) bond motifs is 3. The topological polar surface area (TPSA) is 108 Å². The van der Waals surface area contributed by atoms with E-state index in [1.807, 2.05) is 32.4 Å². The number of carbonyl (C=O) groups excluding carboxylic acids is 2. The standard InChI is InChI=1S/C25H34N4O6/c1-15-20-19(34-22(15)23(30)26-9-18-14-32-7-8-33-18)6-5-17-13-29(27-21(17)20)12-16-10-28(11-16)24(31)35-25(2,3)4/h13,16,18H,5-12,14H2,1-4H3,(H,26,30)/t18-/m1/s1. The molecule has 10 nitrogen and oxygen atoms in total. The van der Waals surface area contributed by atoms with Gasteiger partial charge in [-0.2, -0.15) is 5.10 Å². The Balaban J connectivity index is 1.22. The number of nitrogens with one attached hydrogen (secondary N) is 1. The van der Waals surface area contributed by atoms with E-state index >= 15 is 0 Å². The second-order valence-electron chi connectivity index (χ2n) is 10.6. The van der Waals surface area contributed by atoms with Crippen LogP contribution in [0.25, 0.3) is 11.3 Å². The number of amides is 2. The van der Waals surface area contributed by atoms with Crippen LogP contribution in [0.5, 0.6) is 0 Å². The number of hydrogen-bond acceptors (Lipinski definition) is 7. The predicted octanol–water partition coefficient (Wildman–Crippen LogP) is 2.56. The van der Waals surface area contributed by atoms with E-state index in [1.54, 1.807) is 4.90 Å². The molecule has 35 heavy (non-hydrogen) atoms. The van der Waals surface area contributed by atoms with Crippen LogP contribution in [0.1, 0.15) is 48.2 Å². The van der Waals surface area contributed by atoms with E-state index < -0.39 is 5.60 Å². The zero-order chi connectivity index (χ0) is 24.7. The maximum Gasteiger partial charge on any atom is 0.410 e. The van der Waals surface area contributed by atoms with Gasteiger partial charge in [-0.15, -0.1) is 0 Å². The molecule has 0 aromatic carbocycles. The summed E-state index contributed by atoms with van der Waals surface area (Å²) in [6, 6.07) is 0. The molecule has 0 radical (unpaired) electrons. The van der Waals surface area contributed by atoms with E-state index in [0.717, 1.165) is 47.5 Å². The van der Waals surface area contributed by atoms with Gasteiger partial charge in [-0.3, -0.25) is 9.48 Å². The summed E-state index contributed by atoms with van der Waals surface area (Å²) in [5, 5.41) is 7.76. The highest BCUT2D eigenvalue weighted by atomic mass is 16.6. The number of likely N-dealkylation sites (tertiary alicyclic amines) is 1. The average molecular weight is 487 g/mol. The molecular weight excluding hydrogens is 452 g/mol. The Morgan fingerprint density at radius 3 is 2.74 bits per heavy atom. The van der Waals surface area contributed by atoms with E-state index in [4.69, 9.17) is 23.7 Å². The Labute approximate surface area is 204 Å². The fourth-order valence-corrected chi connectivity index (χ4v) is 4.84. The lowest BCUT2D eigenvalue weighted by atomic mass is 9.93. The Kier molecular flexibility index (Phi) is 6.35. The number of aryl methyl sites for hydroxylation is 2. The molecular formula is C25H34N4O6. The monoisotopic (exact) mass is 486 g/mol. The van der Waals surface area contributed by atoms with Crippen LogP contribution in [0.15, 0.2) is 10.6 Å². The zero-order valence-electron chi connectivity index (χ0n) is 20.9. The van der Waals surface area contributed by atoms with Crippen LogP contribution in [0, 0.1) is 12.8 Å². The van der Waals surface area contributed by atoms with Gasteiger partial charge in [0, 0.05) is 55.8 Å². The van der Waals surface area contributed by atoms with Gasteiger partial charge in [-0.1, -0.05) is 0 Å². The molecule has 190 valence electrons. The molecule has 1 atom stereocenters. The van der Waals surface area contributed by atoms with Crippen LogP contribution in [-0.4, -0.2) is 77.8 Å². The number of carbonyl (C=O) groups is 2. The fraction of sp³-hybridized carbons (Fsp3) is 0.640. The number of aromatic nitrogens is 2. The van der Waals surface area contributed by atoms with Crippen molar-refractivity contribution in [3.8, 4) is 11.3 Å². The largest absolute Gasteiger partial charge is 0.455 e. The first-order valence-electron chi connectivity index (χ1n) is 12.3. The summed E-state index contributed by atoms with van der Waals surface area (Å²) >= 11 is 0. The minimum atomic E-state index is -0.489. The Morgan fingerprint density at radius 2 is 2.03 bits per heavy atom. The van der Waals surface area contributed by atoms with Crippen LogP contribution in [0.3, 0.4) is 0 Å². The van der Waals surface area contributed by atoms with Crippen molar-refractivity contribution in [1.82, 2.24) is 20.0 Å². The first-order valence-corrected chi connectivity index (χ1v) is 12.3. The molecule has 0 saturated carbocycles. The van der Waals surface area contributed by atoms with Crippen LogP contribution < -0.4 is 5.32 Å². The van der Waals surface area contributed by atoms with E-state index in [-0.39, 0.29) is 18.1 Å². The van der Waals surface area contributed by atoms with Gasteiger partial charge in [0.1, 0.15) is 11.4 Å². The van der Waals surface area contributed by atoms with Gasteiger partial charge in [0.2, 0.25) is 0 Å². The Morgan fingerprint density at radius 1 is 1.23 bits per heavy atom. The van der Waals surface area contributed by atoms with Crippen molar-refractivity contribution in [1.29, 1.82) is 0 Å². The molecule has 2 aromatic heterocycles. The van der Waals surface area contributed by atoms with E-state index in [1.165, 1.54) is 0 Å². The molecule has 3 aliphatic rings.